The summed E-state index contributed by atoms with van der Waals surface area (Å²) in [7, 11) is 0. The molecule has 0 fully saturated rings. The third-order valence-electron chi connectivity index (χ3n) is 5.99. The van der Waals surface area contributed by atoms with Gasteiger partial charge in [0.1, 0.15) is 17.2 Å². The van der Waals surface area contributed by atoms with E-state index in [1.807, 2.05) is 37.3 Å². The van der Waals surface area contributed by atoms with Crippen molar-refractivity contribution in [3.63, 3.8) is 0 Å². The van der Waals surface area contributed by atoms with Gasteiger partial charge in [0.15, 0.2) is 0 Å². The third kappa shape index (κ3) is 4.29. The highest BCUT2D eigenvalue weighted by Crippen LogP contribution is 2.41. The number of carboxylic acid groups (broad SMARTS) is 1. The number of halogens is 2. The van der Waals surface area contributed by atoms with E-state index in [9.17, 15) is 18.4 Å². The molecular weight excluding hydrogens is 424 g/mol. The Labute approximate surface area is 190 Å². The standard InChI is InChI=1S/C27H23F2NO3/c1-15-4-6-16(7-5-15)19-10-11-27(2,3)21-9-8-17(12-20(19)21)25(31)30-18-13-22(28)24(26(32)33)23(29)14-18/h4-10,12-14H,11H2,1-3H3,(H,30,31)(H,32,33). The van der Waals surface area contributed by atoms with Gasteiger partial charge < -0.3 is 10.4 Å². The number of hydrogen-bond donors (Lipinski definition) is 2. The number of carbonyl (C=O) groups excluding carboxylic acids is 1. The molecule has 3 aromatic carbocycles. The molecule has 0 aromatic heterocycles. The summed E-state index contributed by atoms with van der Waals surface area (Å²) < 4.78 is 28.0. The number of rotatable bonds is 4. The number of aryl methyl sites for hydroxylation is 1. The average molecular weight is 447 g/mol. The zero-order valence-electron chi connectivity index (χ0n) is 18.5. The van der Waals surface area contributed by atoms with Crippen molar-refractivity contribution in [3.05, 3.63) is 106 Å². The fourth-order valence-electron chi connectivity index (χ4n) is 4.13. The van der Waals surface area contributed by atoms with Gasteiger partial charge in [-0.05, 0) is 65.3 Å². The van der Waals surface area contributed by atoms with E-state index in [0.29, 0.717) is 5.56 Å². The molecule has 1 aliphatic carbocycles. The quantitative estimate of drug-likeness (QED) is 0.491. The summed E-state index contributed by atoms with van der Waals surface area (Å²) >= 11 is 0. The molecule has 0 heterocycles. The molecule has 168 valence electrons. The number of amides is 1. The molecule has 0 aliphatic heterocycles. The van der Waals surface area contributed by atoms with Gasteiger partial charge in [0.2, 0.25) is 0 Å². The summed E-state index contributed by atoms with van der Waals surface area (Å²) in [6.45, 7) is 6.31. The molecule has 3 aromatic rings. The lowest BCUT2D eigenvalue weighted by Crippen LogP contribution is -2.23. The van der Waals surface area contributed by atoms with Crippen molar-refractivity contribution in [1.29, 1.82) is 0 Å². The molecule has 4 rings (SSSR count). The average Bonchev–Trinajstić information content (AvgIpc) is 2.73. The van der Waals surface area contributed by atoms with Gasteiger partial charge in [0, 0.05) is 11.3 Å². The maximum Gasteiger partial charge on any atom is 0.341 e. The second-order valence-electron chi connectivity index (χ2n) is 8.91. The number of nitrogens with one attached hydrogen (secondary N) is 1. The summed E-state index contributed by atoms with van der Waals surface area (Å²) in [5, 5.41) is 11.4. The highest BCUT2D eigenvalue weighted by molar-refractivity contribution is 6.05. The van der Waals surface area contributed by atoms with E-state index in [0.717, 1.165) is 46.4 Å². The molecule has 0 spiro atoms. The van der Waals surface area contributed by atoms with Crippen LogP contribution in [0, 0.1) is 18.6 Å². The van der Waals surface area contributed by atoms with Crippen LogP contribution < -0.4 is 5.32 Å². The Morgan fingerprint density at radius 2 is 1.61 bits per heavy atom. The first-order valence-corrected chi connectivity index (χ1v) is 10.5. The molecular formula is C27H23F2NO3. The summed E-state index contributed by atoms with van der Waals surface area (Å²) in [6.07, 6.45) is 3.02. The molecule has 0 unspecified atom stereocenters. The minimum atomic E-state index is -1.71. The van der Waals surface area contributed by atoms with E-state index < -0.39 is 29.1 Å². The van der Waals surface area contributed by atoms with Gasteiger partial charge in [-0.1, -0.05) is 55.8 Å². The summed E-state index contributed by atoms with van der Waals surface area (Å²) in [6, 6.07) is 15.2. The zero-order valence-corrected chi connectivity index (χ0v) is 18.5. The highest BCUT2D eigenvalue weighted by atomic mass is 19.1. The van der Waals surface area contributed by atoms with Crippen molar-refractivity contribution in [1.82, 2.24) is 0 Å². The van der Waals surface area contributed by atoms with Gasteiger partial charge in [-0.2, -0.15) is 0 Å². The number of benzene rings is 3. The zero-order chi connectivity index (χ0) is 23.9. The van der Waals surface area contributed by atoms with Gasteiger partial charge in [-0.15, -0.1) is 0 Å². The molecule has 0 saturated heterocycles. The second kappa shape index (κ2) is 8.28. The molecule has 0 radical (unpaired) electrons. The minimum absolute atomic E-state index is 0.114. The summed E-state index contributed by atoms with van der Waals surface area (Å²) in [5.41, 5.74) is 4.26. The van der Waals surface area contributed by atoms with Crippen LogP contribution in [0.1, 0.15) is 63.2 Å². The van der Waals surface area contributed by atoms with E-state index >= 15 is 0 Å². The number of carboxylic acids is 1. The lowest BCUT2D eigenvalue weighted by Gasteiger charge is -2.32. The number of fused-ring (bicyclic) bond motifs is 1. The van der Waals surface area contributed by atoms with Crippen molar-refractivity contribution in [2.45, 2.75) is 32.6 Å². The molecule has 0 saturated carbocycles. The van der Waals surface area contributed by atoms with Crippen LogP contribution in [0.2, 0.25) is 0 Å². The number of hydrogen-bond acceptors (Lipinski definition) is 2. The van der Waals surface area contributed by atoms with Crippen molar-refractivity contribution in [2.24, 2.45) is 0 Å². The van der Waals surface area contributed by atoms with Crippen molar-refractivity contribution < 1.29 is 23.5 Å². The van der Waals surface area contributed by atoms with Gasteiger partial charge in [-0.3, -0.25) is 4.79 Å². The van der Waals surface area contributed by atoms with Crippen LogP contribution in [0.25, 0.3) is 5.57 Å². The molecule has 0 atom stereocenters. The number of allylic oxidation sites excluding steroid dienone is 1. The number of carbonyl (C=O) groups is 2. The predicted octanol–water partition coefficient (Wildman–Crippen LogP) is 6.34. The van der Waals surface area contributed by atoms with E-state index in [-0.39, 0.29) is 11.1 Å². The monoisotopic (exact) mass is 447 g/mol. The molecule has 33 heavy (non-hydrogen) atoms. The van der Waals surface area contributed by atoms with E-state index in [2.05, 4.69) is 25.2 Å². The largest absolute Gasteiger partial charge is 0.477 e. The Balaban J connectivity index is 1.70. The summed E-state index contributed by atoms with van der Waals surface area (Å²) in [4.78, 5) is 23.9. The topological polar surface area (TPSA) is 66.4 Å². The molecule has 4 nitrogen and oxygen atoms in total. The second-order valence-corrected chi connectivity index (χ2v) is 8.91. The van der Waals surface area contributed by atoms with Crippen LogP contribution in [0.15, 0.2) is 60.7 Å². The molecule has 1 aliphatic rings. The minimum Gasteiger partial charge on any atom is -0.477 e. The Bertz CT molecular complexity index is 1280. The molecule has 6 heteroatoms. The van der Waals surface area contributed by atoms with Gasteiger partial charge in [-0.25, -0.2) is 13.6 Å². The lowest BCUT2D eigenvalue weighted by atomic mass is 9.72. The third-order valence-corrected chi connectivity index (χ3v) is 5.99. The smallest absolute Gasteiger partial charge is 0.341 e. The fraction of sp³-hybridized carbons (Fsp3) is 0.185. The van der Waals surface area contributed by atoms with Gasteiger partial charge >= 0.3 is 5.97 Å². The van der Waals surface area contributed by atoms with Gasteiger partial charge in [0.05, 0.1) is 0 Å². The Kier molecular flexibility index (Phi) is 5.62. The van der Waals surface area contributed by atoms with E-state index in [1.54, 1.807) is 12.1 Å². The fourth-order valence-corrected chi connectivity index (χ4v) is 4.13. The predicted molar refractivity (Wildman–Crippen MR) is 124 cm³/mol. The lowest BCUT2D eigenvalue weighted by molar-refractivity contribution is 0.0686. The first-order chi connectivity index (χ1) is 15.6. The molecule has 0 bridgehead atoms. The Morgan fingerprint density at radius 1 is 0.970 bits per heavy atom. The van der Waals surface area contributed by atoms with Crippen LogP contribution in [0.4, 0.5) is 14.5 Å². The van der Waals surface area contributed by atoms with Crippen molar-refractivity contribution >= 4 is 23.1 Å². The molecule has 2 N–H and O–H groups in total. The number of anilines is 1. The summed E-state index contributed by atoms with van der Waals surface area (Å²) in [5.74, 6) is -4.77. The van der Waals surface area contributed by atoms with Crippen LogP contribution in [-0.4, -0.2) is 17.0 Å². The highest BCUT2D eigenvalue weighted by Gasteiger charge is 2.29. The molecule has 1 amide bonds. The van der Waals surface area contributed by atoms with Crippen molar-refractivity contribution in [2.75, 3.05) is 5.32 Å². The van der Waals surface area contributed by atoms with E-state index in [1.165, 1.54) is 0 Å². The van der Waals surface area contributed by atoms with Crippen LogP contribution in [0.3, 0.4) is 0 Å². The van der Waals surface area contributed by atoms with Crippen LogP contribution in [-0.2, 0) is 5.41 Å². The maximum absolute atomic E-state index is 14.0. The first-order valence-electron chi connectivity index (χ1n) is 10.5. The van der Waals surface area contributed by atoms with Crippen molar-refractivity contribution in [3.8, 4) is 0 Å². The van der Waals surface area contributed by atoms with Crippen LogP contribution in [0.5, 0.6) is 0 Å². The first kappa shape index (κ1) is 22.4. The SMILES string of the molecule is Cc1ccc(C2=CCC(C)(C)c3ccc(C(=O)Nc4cc(F)c(C(=O)O)c(F)c4)cc32)cc1. The Morgan fingerprint density at radius 3 is 2.21 bits per heavy atom. The van der Waals surface area contributed by atoms with E-state index in [4.69, 9.17) is 5.11 Å². The number of aromatic carboxylic acids is 1. The Hall–Kier alpha value is -3.80. The normalized spacial score (nSPS) is 14.3. The maximum atomic E-state index is 14.0. The van der Waals surface area contributed by atoms with Gasteiger partial charge in [0.25, 0.3) is 5.91 Å². The van der Waals surface area contributed by atoms with Crippen LogP contribution >= 0.6 is 0 Å².